The standard InChI is InChI=1S/C23H34N6O6/c1-13(30)20(25)22(33)27-12-19(31)28-18(10-14-11-26-16-7-3-2-6-15(14)16)21(32)29-17(23(34)35)8-4-5-9-24/h2-3,6-7,11,13,17-18,20,26,30H,4-5,8-10,12,24-25H2,1H3,(H,27,33)(H,28,31)(H,29,32)(H,34,35). The summed E-state index contributed by atoms with van der Waals surface area (Å²) in [6, 6.07) is 3.96. The summed E-state index contributed by atoms with van der Waals surface area (Å²) in [4.78, 5) is 52.3. The monoisotopic (exact) mass is 490 g/mol. The average molecular weight is 491 g/mol. The Kier molecular flexibility index (Phi) is 10.6. The Hall–Kier alpha value is -3.48. The molecule has 10 N–H and O–H groups in total. The first-order valence-corrected chi connectivity index (χ1v) is 11.4. The van der Waals surface area contributed by atoms with Crippen molar-refractivity contribution in [1.82, 2.24) is 20.9 Å². The second-order valence-corrected chi connectivity index (χ2v) is 8.35. The van der Waals surface area contributed by atoms with Crippen molar-refractivity contribution in [3.8, 4) is 0 Å². The number of rotatable bonds is 14. The molecule has 1 aromatic heterocycles. The first kappa shape index (κ1) is 27.8. The molecule has 4 unspecified atom stereocenters. The van der Waals surface area contributed by atoms with Crippen LogP contribution in [-0.4, -0.2) is 76.2 Å². The predicted octanol–water partition coefficient (Wildman–Crippen LogP) is -1.28. The second-order valence-electron chi connectivity index (χ2n) is 8.35. The van der Waals surface area contributed by atoms with Crippen LogP contribution in [0.1, 0.15) is 31.7 Å². The third kappa shape index (κ3) is 8.35. The van der Waals surface area contributed by atoms with E-state index in [2.05, 4.69) is 20.9 Å². The number of carbonyl (C=O) groups is 4. The van der Waals surface area contributed by atoms with Gasteiger partial charge in [-0.2, -0.15) is 0 Å². The number of nitrogens with two attached hydrogens (primary N) is 2. The van der Waals surface area contributed by atoms with E-state index in [9.17, 15) is 29.4 Å². The van der Waals surface area contributed by atoms with Gasteiger partial charge in [-0.25, -0.2) is 4.79 Å². The Balaban J connectivity index is 2.15. The van der Waals surface area contributed by atoms with E-state index in [-0.39, 0.29) is 12.8 Å². The summed E-state index contributed by atoms with van der Waals surface area (Å²) in [5.74, 6) is -3.26. The van der Waals surface area contributed by atoms with Crippen LogP contribution in [0.4, 0.5) is 0 Å². The molecule has 0 spiro atoms. The Labute approximate surface area is 202 Å². The van der Waals surface area contributed by atoms with Crippen molar-refractivity contribution in [3.63, 3.8) is 0 Å². The van der Waals surface area contributed by atoms with Gasteiger partial charge in [0.15, 0.2) is 0 Å². The first-order valence-electron chi connectivity index (χ1n) is 11.4. The molecule has 0 saturated carbocycles. The molecule has 12 heteroatoms. The first-order chi connectivity index (χ1) is 16.6. The van der Waals surface area contributed by atoms with Gasteiger partial charge in [0.25, 0.3) is 0 Å². The highest BCUT2D eigenvalue weighted by Gasteiger charge is 2.28. The van der Waals surface area contributed by atoms with Crippen LogP contribution in [0.3, 0.4) is 0 Å². The van der Waals surface area contributed by atoms with E-state index < -0.39 is 54.5 Å². The molecular formula is C23H34N6O6. The van der Waals surface area contributed by atoms with Crippen molar-refractivity contribution in [3.05, 3.63) is 36.0 Å². The molecule has 0 bridgehead atoms. The topological polar surface area (TPSA) is 213 Å². The summed E-state index contributed by atoms with van der Waals surface area (Å²) in [6.07, 6.45) is 2.02. The number of fused-ring (bicyclic) bond motifs is 1. The number of aliphatic hydroxyl groups is 1. The smallest absolute Gasteiger partial charge is 0.326 e. The number of hydrogen-bond donors (Lipinski definition) is 8. The fraction of sp³-hybridized carbons (Fsp3) is 0.478. The van der Waals surface area contributed by atoms with Crippen molar-refractivity contribution in [2.24, 2.45) is 11.5 Å². The molecule has 2 aromatic rings. The lowest BCUT2D eigenvalue weighted by Gasteiger charge is -2.22. The molecule has 2 rings (SSSR count). The van der Waals surface area contributed by atoms with Gasteiger partial charge in [0.2, 0.25) is 17.7 Å². The molecule has 1 heterocycles. The zero-order valence-electron chi connectivity index (χ0n) is 19.6. The van der Waals surface area contributed by atoms with Gasteiger partial charge >= 0.3 is 5.97 Å². The summed E-state index contributed by atoms with van der Waals surface area (Å²) in [5, 5.41) is 27.1. The SMILES string of the molecule is CC(O)C(N)C(=O)NCC(=O)NC(Cc1c[nH]c2ccccc12)C(=O)NC(CCCCN)C(=O)O. The number of aromatic nitrogens is 1. The molecular weight excluding hydrogens is 456 g/mol. The quantitative estimate of drug-likeness (QED) is 0.149. The number of hydrogen-bond acceptors (Lipinski definition) is 7. The fourth-order valence-corrected chi connectivity index (χ4v) is 3.50. The molecule has 3 amide bonds. The van der Waals surface area contributed by atoms with Gasteiger partial charge in [0.05, 0.1) is 12.6 Å². The Morgan fingerprint density at radius 3 is 2.43 bits per heavy atom. The molecule has 0 aliphatic carbocycles. The molecule has 192 valence electrons. The minimum Gasteiger partial charge on any atom is -0.480 e. The minimum atomic E-state index is -1.21. The maximum atomic E-state index is 13.1. The summed E-state index contributed by atoms with van der Waals surface area (Å²) in [6.45, 7) is 1.28. The maximum absolute atomic E-state index is 13.1. The van der Waals surface area contributed by atoms with Gasteiger partial charge in [0.1, 0.15) is 18.1 Å². The third-order valence-electron chi connectivity index (χ3n) is 5.56. The van der Waals surface area contributed by atoms with Crippen LogP contribution >= 0.6 is 0 Å². The molecule has 35 heavy (non-hydrogen) atoms. The van der Waals surface area contributed by atoms with Crippen molar-refractivity contribution in [1.29, 1.82) is 0 Å². The molecule has 12 nitrogen and oxygen atoms in total. The van der Waals surface area contributed by atoms with Gasteiger partial charge in [-0.3, -0.25) is 14.4 Å². The average Bonchev–Trinajstić information content (AvgIpc) is 3.23. The summed E-state index contributed by atoms with van der Waals surface area (Å²) >= 11 is 0. The van der Waals surface area contributed by atoms with E-state index in [4.69, 9.17) is 11.5 Å². The number of carboxylic acids is 1. The van der Waals surface area contributed by atoms with E-state index >= 15 is 0 Å². The number of carboxylic acid groups (broad SMARTS) is 1. The predicted molar refractivity (Wildman–Crippen MR) is 129 cm³/mol. The van der Waals surface area contributed by atoms with Crippen LogP contribution < -0.4 is 27.4 Å². The number of aromatic amines is 1. The number of unbranched alkanes of at least 4 members (excludes halogenated alkanes) is 1. The number of carbonyl (C=O) groups excluding carboxylic acids is 3. The molecule has 4 atom stereocenters. The number of nitrogens with one attached hydrogen (secondary N) is 4. The minimum absolute atomic E-state index is 0.0812. The van der Waals surface area contributed by atoms with E-state index in [0.29, 0.717) is 19.4 Å². The van der Waals surface area contributed by atoms with Crippen LogP contribution in [0.25, 0.3) is 10.9 Å². The van der Waals surface area contributed by atoms with Crippen LogP contribution in [0, 0.1) is 0 Å². The number of H-pyrrole nitrogens is 1. The number of benzene rings is 1. The van der Waals surface area contributed by atoms with Gasteiger partial charge in [-0.05, 0) is 44.4 Å². The molecule has 0 saturated heterocycles. The second kappa shape index (κ2) is 13.4. The lowest BCUT2D eigenvalue weighted by molar-refractivity contribution is -0.142. The Morgan fingerprint density at radius 2 is 1.77 bits per heavy atom. The highest BCUT2D eigenvalue weighted by atomic mass is 16.4. The molecule has 0 radical (unpaired) electrons. The van der Waals surface area contributed by atoms with Crippen LogP contribution in [0.15, 0.2) is 30.5 Å². The highest BCUT2D eigenvalue weighted by Crippen LogP contribution is 2.19. The van der Waals surface area contributed by atoms with E-state index in [1.807, 2.05) is 24.3 Å². The lowest BCUT2D eigenvalue weighted by atomic mass is 10.0. The number of aliphatic carboxylic acids is 1. The molecule has 0 aliphatic heterocycles. The number of para-hydroxylation sites is 1. The molecule has 0 fully saturated rings. The number of amides is 3. The van der Waals surface area contributed by atoms with E-state index in [1.165, 1.54) is 6.92 Å². The van der Waals surface area contributed by atoms with Crippen LogP contribution in [-0.2, 0) is 25.6 Å². The van der Waals surface area contributed by atoms with Gasteiger partial charge in [0, 0.05) is 23.5 Å². The van der Waals surface area contributed by atoms with Crippen LogP contribution in [0.5, 0.6) is 0 Å². The third-order valence-corrected chi connectivity index (χ3v) is 5.56. The lowest BCUT2D eigenvalue weighted by Crippen LogP contribution is -2.55. The Morgan fingerprint density at radius 1 is 1.06 bits per heavy atom. The van der Waals surface area contributed by atoms with Crippen molar-refractivity contribution in [2.45, 2.75) is 56.8 Å². The largest absolute Gasteiger partial charge is 0.480 e. The zero-order valence-corrected chi connectivity index (χ0v) is 19.6. The van der Waals surface area contributed by atoms with Gasteiger partial charge in [-0.15, -0.1) is 0 Å². The van der Waals surface area contributed by atoms with Crippen molar-refractivity contribution >= 4 is 34.6 Å². The van der Waals surface area contributed by atoms with Gasteiger partial charge < -0.3 is 42.6 Å². The van der Waals surface area contributed by atoms with Crippen molar-refractivity contribution < 1.29 is 29.4 Å². The molecule has 1 aromatic carbocycles. The van der Waals surface area contributed by atoms with Crippen LogP contribution in [0.2, 0.25) is 0 Å². The number of aliphatic hydroxyl groups excluding tert-OH is 1. The maximum Gasteiger partial charge on any atom is 0.326 e. The van der Waals surface area contributed by atoms with E-state index in [0.717, 1.165) is 16.5 Å². The fourth-order valence-electron chi connectivity index (χ4n) is 3.50. The van der Waals surface area contributed by atoms with Crippen molar-refractivity contribution in [2.75, 3.05) is 13.1 Å². The van der Waals surface area contributed by atoms with E-state index in [1.54, 1.807) is 6.20 Å². The summed E-state index contributed by atoms with van der Waals surface area (Å²) < 4.78 is 0. The normalized spacial score (nSPS) is 14.5. The molecule has 0 aliphatic rings. The highest BCUT2D eigenvalue weighted by molar-refractivity contribution is 5.93. The summed E-state index contributed by atoms with van der Waals surface area (Å²) in [7, 11) is 0. The Bertz CT molecular complexity index is 1020. The summed E-state index contributed by atoms with van der Waals surface area (Å²) in [5.41, 5.74) is 12.6. The van der Waals surface area contributed by atoms with Gasteiger partial charge in [-0.1, -0.05) is 18.2 Å². The zero-order chi connectivity index (χ0) is 26.0.